The van der Waals surface area contributed by atoms with Gasteiger partial charge in [-0.25, -0.2) is 0 Å². The predicted octanol–water partition coefficient (Wildman–Crippen LogP) is 2.66. The minimum atomic E-state index is 0.834. The van der Waals surface area contributed by atoms with Gasteiger partial charge < -0.3 is 4.90 Å². The first-order valence-electron chi connectivity index (χ1n) is 5.08. The molecule has 66 valence electrons. The van der Waals surface area contributed by atoms with E-state index in [9.17, 15) is 0 Å². The Morgan fingerprint density at radius 3 is 2.36 bits per heavy atom. The monoisotopic (exact) mass is 155 g/mol. The average Bonchev–Trinajstić information content (AvgIpc) is 2.07. The van der Waals surface area contributed by atoms with Gasteiger partial charge in [-0.3, -0.25) is 0 Å². The number of nitrogens with zero attached hydrogens (tertiary/aromatic N) is 1. The fraction of sp³-hybridized carbons (Fsp3) is 1.00. The zero-order chi connectivity index (χ0) is 8.10. The van der Waals surface area contributed by atoms with Crippen molar-refractivity contribution in [3.63, 3.8) is 0 Å². The van der Waals surface area contributed by atoms with Gasteiger partial charge in [0, 0.05) is 6.04 Å². The van der Waals surface area contributed by atoms with E-state index in [1.54, 1.807) is 0 Å². The zero-order valence-electron chi connectivity index (χ0n) is 7.97. The standard InChI is InChI=1S/C10H21N/c1-3-7-10(2)11-8-5-4-6-9-11/h10H,3-9H2,1-2H3. The first-order chi connectivity index (χ1) is 5.34. The van der Waals surface area contributed by atoms with Crippen molar-refractivity contribution in [1.29, 1.82) is 0 Å². The lowest BCUT2D eigenvalue weighted by Crippen LogP contribution is -2.37. The smallest absolute Gasteiger partial charge is 0.00668 e. The van der Waals surface area contributed by atoms with Gasteiger partial charge in [0.1, 0.15) is 0 Å². The van der Waals surface area contributed by atoms with Crippen molar-refractivity contribution >= 4 is 0 Å². The second-order valence-electron chi connectivity index (χ2n) is 3.73. The van der Waals surface area contributed by atoms with E-state index in [1.807, 2.05) is 0 Å². The Balaban J connectivity index is 2.21. The molecule has 1 heterocycles. The number of hydrogen-bond acceptors (Lipinski definition) is 1. The highest BCUT2D eigenvalue weighted by molar-refractivity contribution is 4.70. The topological polar surface area (TPSA) is 3.24 Å². The van der Waals surface area contributed by atoms with Gasteiger partial charge in [0.25, 0.3) is 0 Å². The molecule has 0 aliphatic carbocycles. The molecule has 0 aromatic rings. The summed E-state index contributed by atoms with van der Waals surface area (Å²) in [6, 6.07) is 0.834. The Bertz CT molecular complexity index is 95.0. The van der Waals surface area contributed by atoms with Crippen LogP contribution < -0.4 is 0 Å². The molecule has 0 aromatic heterocycles. The van der Waals surface area contributed by atoms with Gasteiger partial charge in [-0.05, 0) is 39.3 Å². The lowest BCUT2D eigenvalue weighted by Gasteiger charge is -2.32. The second-order valence-corrected chi connectivity index (χ2v) is 3.73. The van der Waals surface area contributed by atoms with Crippen LogP contribution in [-0.4, -0.2) is 24.0 Å². The van der Waals surface area contributed by atoms with E-state index < -0.39 is 0 Å². The Kier molecular flexibility index (Phi) is 3.92. The minimum absolute atomic E-state index is 0.834. The summed E-state index contributed by atoms with van der Waals surface area (Å²) >= 11 is 0. The fourth-order valence-electron chi connectivity index (χ4n) is 1.96. The van der Waals surface area contributed by atoms with Crippen molar-refractivity contribution in [2.45, 2.75) is 52.0 Å². The summed E-state index contributed by atoms with van der Waals surface area (Å²) in [5.41, 5.74) is 0. The van der Waals surface area contributed by atoms with Crippen LogP contribution in [0, 0.1) is 0 Å². The van der Waals surface area contributed by atoms with Gasteiger partial charge in [-0.2, -0.15) is 0 Å². The first-order valence-corrected chi connectivity index (χ1v) is 5.08. The molecule has 1 nitrogen and oxygen atoms in total. The molecule has 1 rings (SSSR count). The summed E-state index contributed by atoms with van der Waals surface area (Å²) in [5.74, 6) is 0. The summed E-state index contributed by atoms with van der Waals surface area (Å²) in [5, 5.41) is 0. The molecule has 1 aliphatic rings. The van der Waals surface area contributed by atoms with Gasteiger partial charge in [0.2, 0.25) is 0 Å². The zero-order valence-corrected chi connectivity index (χ0v) is 7.97. The molecule has 1 heteroatoms. The van der Waals surface area contributed by atoms with E-state index >= 15 is 0 Å². The first kappa shape index (κ1) is 9.05. The van der Waals surface area contributed by atoms with E-state index in [2.05, 4.69) is 18.7 Å². The third-order valence-electron chi connectivity index (χ3n) is 2.72. The van der Waals surface area contributed by atoms with Crippen LogP contribution in [0.1, 0.15) is 46.0 Å². The maximum Gasteiger partial charge on any atom is 0.00668 e. The number of likely N-dealkylation sites (tertiary alicyclic amines) is 1. The third kappa shape index (κ3) is 2.82. The molecule has 1 saturated heterocycles. The van der Waals surface area contributed by atoms with Crippen LogP contribution in [0.5, 0.6) is 0 Å². The van der Waals surface area contributed by atoms with Crippen LogP contribution in [0.4, 0.5) is 0 Å². The van der Waals surface area contributed by atoms with Gasteiger partial charge in [-0.15, -0.1) is 0 Å². The van der Waals surface area contributed by atoms with Crippen LogP contribution >= 0.6 is 0 Å². The molecule has 1 unspecified atom stereocenters. The largest absolute Gasteiger partial charge is 0.301 e. The normalized spacial score (nSPS) is 23.5. The molecule has 0 saturated carbocycles. The summed E-state index contributed by atoms with van der Waals surface area (Å²) < 4.78 is 0. The number of hydrogen-bond donors (Lipinski definition) is 0. The molecule has 1 aliphatic heterocycles. The number of piperidine rings is 1. The molecule has 0 radical (unpaired) electrons. The maximum absolute atomic E-state index is 2.65. The molecule has 0 aromatic carbocycles. The van der Waals surface area contributed by atoms with E-state index in [4.69, 9.17) is 0 Å². The van der Waals surface area contributed by atoms with Crippen LogP contribution in [-0.2, 0) is 0 Å². The van der Waals surface area contributed by atoms with Crippen LogP contribution in [0.25, 0.3) is 0 Å². The van der Waals surface area contributed by atoms with Crippen molar-refractivity contribution < 1.29 is 0 Å². The van der Waals surface area contributed by atoms with E-state index in [0.717, 1.165) is 6.04 Å². The van der Waals surface area contributed by atoms with Gasteiger partial charge in [0.05, 0.1) is 0 Å². The third-order valence-corrected chi connectivity index (χ3v) is 2.72. The Hall–Kier alpha value is -0.0400. The molecular weight excluding hydrogens is 134 g/mol. The number of rotatable bonds is 3. The highest BCUT2D eigenvalue weighted by Gasteiger charge is 2.14. The lowest BCUT2D eigenvalue weighted by atomic mass is 10.1. The maximum atomic E-state index is 2.65. The quantitative estimate of drug-likeness (QED) is 0.605. The van der Waals surface area contributed by atoms with E-state index in [0.29, 0.717) is 0 Å². The molecule has 0 N–H and O–H groups in total. The van der Waals surface area contributed by atoms with E-state index in [-0.39, 0.29) is 0 Å². The molecule has 0 spiro atoms. The van der Waals surface area contributed by atoms with Crippen molar-refractivity contribution in [2.75, 3.05) is 13.1 Å². The Morgan fingerprint density at radius 1 is 1.18 bits per heavy atom. The molecule has 1 fully saturated rings. The molecule has 1 atom stereocenters. The summed E-state index contributed by atoms with van der Waals surface area (Å²) in [4.78, 5) is 2.65. The van der Waals surface area contributed by atoms with Gasteiger partial charge in [-0.1, -0.05) is 19.8 Å². The van der Waals surface area contributed by atoms with Crippen molar-refractivity contribution in [3.05, 3.63) is 0 Å². The van der Waals surface area contributed by atoms with Crippen molar-refractivity contribution in [3.8, 4) is 0 Å². The lowest BCUT2D eigenvalue weighted by molar-refractivity contribution is 0.166. The SMILES string of the molecule is CCCC(C)N1CCCCC1. The predicted molar refractivity (Wildman–Crippen MR) is 49.8 cm³/mol. The van der Waals surface area contributed by atoms with Crippen LogP contribution in [0.2, 0.25) is 0 Å². The fourth-order valence-corrected chi connectivity index (χ4v) is 1.96. The van der Waals surface area contributed by atoms with Crippen LogP contribution in [0.15, 0.2) is 0 Å². The second kappa shape index (κ2) is 4.76. The Morgan fingerprint density at radius 2 is 1.82 bits per heavy atom. The summed E-state index contributed by atoms with van der Waals surface area (Å²) in [6.07, 6.45) is 7.01. The highest BCUT2D eigenvalue weighted by atomic mass is 15.1. The van der Waals surface area contributed by atoms with Crippen molar-refractivity contribution in [2.24, 2.45) is 0 Å². The average molecular weight is 155 g/mol. The molecular formula is C10H21N. The van der Waals surface area contributed by atoms with E-state index in [1.165, 1.54) is 45.2 Å². The van der Waals surface area contributed by atoms with Gasteiger partial charge >= 0.3 is 0 Å². The summed E-state index contributed by atoms with van der Waals surface area (Å²) in [6.45, 7) is 7.34. The highest BCUT2D eigenvalue weighted by Crippen LogP contribution is 2.14. The molecule has 0 bridgehead atoms. The summed E-state index contributed by atoms with van der Waals surface area (Å²) in [7, 11) is 0. The molecule has 11 heavy (non-hydrogen) atoms. The van der Waals surface area contributed by atoms with Crippen LogP contribution in [0.3, 0.4) is 0 Å². The minimum Gasteiger partial charge on any atom is -0.301 e. The van der Waals surface area contributed by atoms with Crippen molar-refractivity contribution in [1.82, 2.24) is 4.90 Å². The Labute approximate surface area is 70.8 Å². The molecule has 0 amide bonds. The van der Waals surface area contributed by atoms with Gasteiger partial charge in [0.15, 0.2) is 0 Å².